The Balaban J connectivity index is 1.63. The molecule has 0 bridgehead atoms. The van der Waals surface area contributed by atoms with Gasteiger partial charge in [0, 0.05) is 0 Å². The second kappa shape index (κ2) is 7.85. The molecule has 3 aromatic rings. The zero-order valence-electron chi connectivity index (χ0n) is 14.0. The topological polar surface area (TPSA) is 98.5 Å². The predicted molar refractivity (Wildman–Crippen MR) is 100 cm³/mol. The summed E-state index contributed by atoms with van der Waals surface area (Å²) in [5, 5.41) is 0.312. The van der Waals surface area contributed by atoms with Gasteiger partial charge in [0.2, 0.25) is 15.9 Å². The second-order valence-electron chi connectivity index (χ2n) is 5.60. The van der Waals surface area contributed by atoms with Gasteiger partial charge in [-0.1, -0.05) is 35.3 Å². The number of ether oxygens (including phenoxy) is 1. The van der Waals surface area contributed by atoms with E-state index in [0.29, 0.717) is 11.1 Å². The lowest BCUT2D eigenvalue weighted by Gasteiger charge is -2.13. The van der Waals surface area contributed by atoms with Crippen LogP contribution in [0.3, 0.4) is 0 Å². The fraction of sp³-hybridized carbons (Fsp3) is 0.176. The molecule has 142 valence electrons. The summed E-state index contributed by atoms with van der Waals surface area (Å²) in [6.07, 6.45) is 0. The van der Waals surface area contributed by atoms with Gasteiger partial charge in [0.25, 0.3) is 0 Å². The first-order valence-corrected chi connectivity index (χ1v) is 9.98. The van der Waals surface area contributed by atoms with E-state index in [1.54, 1.807) is 24.3 Å². The van der Waals surface area contributed by atoms with E-state index >= 15 is 0 Å². The van der Waals surface area contributed by atoms with E-state index in [0.717, 1.165) is 0 Å². The number of para-hydroxylation sites is 2. The SMILES string of the molecule is CC(NS(=O)(=O)c1ccc(Cl)c(Cl)c1)C(=O)OCc1nc2ccccc2o1. The largest absolute Gasteiger partial charge is 0.454 e. The minimum absolute atomic E-state index is 0.0886. The molecule has 1 N–H and O–H groups in total. The highest BCUT2D eigenvalue weighted by Crippen LogP contribution is 2.25. The van der Waals surface area contributed by atoms with E-state index in [9.17, 15) is 13.2 Å². The van der Waals surface area contributed by atoms with Gasteiger partial charge in [0.1, 0.15) is 11.6 Å². The number of fused-ring (bicyclic) bond motifs is 1. The Morgan fingerprint density at radius 1 is 1.22 bits per heavy atom. The van der Waals surface area contributed by atoms with Crippen molar-refractivity contribution in [2.75, 3.05) is 0 Å². The molecule has 0 amide bonds. The lowest BCUT2D eigenvalue weighted by Crippen LogP contribution is -2.39. The van der Waals surface area contributed by atoms with Gasteiger partial charge in [-0.05, 0) is 37.3 Å². The van der Waals surface area contributed by atoms with Crippen molar-refractivity contribution >= 4 is 50.3 Å². The number of sulfonamides is 1. The standard InChI is InChI=1S/C17H14Cl2N2O5S/c1-10(21-27(23,24)11-6-7-12(18)13(19)8-11)17(22)25-9-16-20-14-4-2-3-5-15(14)26-16/h2-8,10,21H,9H2,1H3. The zero-order chi connectivity index (χ0) is 19.6. The molecule has 0 radical (unpaired) electrons. The monoisotopic (exact) mass is 428 g/mol. The lowest BCUT2D eigenvalue weighted by atomic mass is 10.3. The van der Waals surface area contributed by atoms with E-state index in [1.165, 1.54) is 25.1 Å². The van der Waals surface area contributed by atoms with Gasteiger partial charge in [-0.2, -0.15) is 4.72 Å². The fourth-order valence-corrected chi connectivity index (χ4v) is 3.81. The maximum Gasteiger partial charge on any atom is 0.324 e. The van der Waals surface area contributed by atoms with Crippen LogP contribution >= 0.6 is 23.2 Å². The van der Waals surface area contributed by atoms with Gasteiger partial charge in [0.05, 0.1) is 14.9 Å². The third-order valence-electron chi connectivity index (χ3n) is 3.56. The molecule has 0 fully saturated rings. The smallest absolute Gasteiger partial charge is 0.324 e. The van der Waals surface area contributed by atoms with Gasteiger partial charge in [0.15, 0.2) is 12.2 Å². The van der Waals surface area contributed by atoms with Crippen LogP contribution in [-0.2, 0) is 26.2 Å². The predicted octanol–water partition coefficient (Wildman–Crippen LogP) is 3.54. The summed E-state index contributed by atoms with van der Waals surface area (Å²) in [4.78, 5) is 16.2. The molecule has 1 aromatic heterocycles. The number of carbonyl (C=O) groups excluding carboxylic acids is 1. The van der Waals surface area contributed by atoms with Crippen molar-refractivity contribution in [2.24, 2.45) is 0 Å². The summed E-state index contributed by atoms with van der Waals surface area (Å²) in [5.41, 5.74) is 1.20. The molecule has 1 unspecified atom stereocenters. The molecular formula is C17H14Cl2N2O5S. The summed E-state index contributed by atoms with van der Waals surface area (Å²) < 4.78 is 37.4. The Bertz CT molecular complexity index is 1060. The molecule has 2 aromatic carbocycles. The van der Waals surface area contributed by atoms with E-state index in [1.807, 2.05) is 0 Å². The van der Waals surface area contributed by atoms with Crippen LogP contribution in [0.15, 0.2) is 51.8 Å². The third kappa shape index (κ3) is 4.59. The summed E-state index contributed by atoms with van der Waals surface area (Å²) in [7, 11) is -3.98. The van der Waals surface area contributed by atoms with Crippen molar-refractivity contribution in [1.82, 2.24) is 9.71 Å². The molecule has 3 rings (SSSR count). The molecule has 27 heavy (non-hydrogen) atoms. The van der Waals surface area contributed by atoms with Crippen molar-refractivity contribution in [3.8, 4) is 0 Å². The van der Waals surface area contributed by atoms with Crippen molar-refractivity contribution in [3.05, 3.63) is 58.4 Å². The first-order chi connectivity index (χ1) is 12.8. The van der Waals surface area contributed by atoms with Gasteiger partial charge in [-0.3, -0.25) is 4.79 Å². The Labute approximate surface area is 165 Å². The van der Waals surface area contributed by atoms with Crippen LogP contribution in [-0.4, -0.2) is 25.4 Å². The lowest BCUT2D eigenvalue weighted by molar-refractivity contribution is -0.147. The average Bonchev–Trinajstić information content (AvgIpc) is 3.04. The van der Waals surface area contributed by atoms with E-state index < -0.39 is 22.0 Å². The number of hydrogen-bond acceptors (Lipinski definition) is 6. The molecular weight excluding hydrogens is 415 g/mol. The van der Waals surface area contributed by atoms with Crippen LogP contribution in [0.5, 0.6) is 0 Å². The summed E-state index contributed by atoms with van der Waals surface area (Å²) in [5.74, 6) is -0.565. The highest BCUT2D eigenvalue weighted by Gasteiger charge is 2.24. The molecule has 0 aliphatic heterocycles. The number of hydrogen-bond donors (Lipinski definition) is 1. The molecule has 0 aliphatic rings. The van der Waals surface area contributed by atoms with Crippen LogP contribution in [0, 0.1) is 0 Å². The molecule has 7 nitrogen and oxygen atoms in total. The molecule has 0 saturated carbocycles. The Morgan fingerprint density at radius 2 is 1.96 bits per heavy atom. The number of esters is 1. The fourth-order valence-electron chi connectivity index (χ4n) is 2.23. The number of halogens is 2. The number of benzene rings is 2. The number of rotatable bonds is 6. The number of nitrogens with zero attached hydrogens (tertiary/aromatic N) is 1. The summed E-state index contributed by atoms with van der Waals surface area (Å²) >= 11 is 11.6. The number of aromatic nitrogens is 1. The molecule has 1 heterocycles. The van der Waals surface area contributed by atoms with Crippen LogP contribution in [0.2, 0.25) is 10.0 Å². The van der Waals surface area contributed by atoms with Gasteiger partial charge < -0.3 is 9.15 Å². The summed E-state index contributed by atoms with van der Waals surface area (Å²) in [6, 6.07) is 9.81. The van der Waals surface area contributed by atoms with Crippen molar-refractivity contribution in [1.29, 1.82) is 0 Å². The quantitative estimate of drug-likeness (QED) is 0.602. The Morgan fingerprint density at radius 3 is 2.67 bits per heavy atom. The number of oxazole rings is 1. The Kier molecular flexibility index (Phi) is 5.71. The van der Waals surface area contributed by atoms with Gasteiger partial charge in [-0.25, -0.2) is 13.4 Å². The maximum absolute atomic E-state index is 12.4. The first-order valence-electron chi connectivity index (χ1n) is 7.75. The van der Waals surface area contributed by atoms with Crippen molar-refractivity contribution in [2.45, 2.75) is 24.5 Å². The molecule has 0 aliphatic carbocycles. The minimum Gasteiger partial charge on any atom is -0.454 e. The molecule has 1 atom stereocenters. The average molecular weight is 429 g/mol. The summed E-state index contributed by atoms with van der Waals surface area (Å²) in [6.45, 7) is 1.15. The van der Waals surface area contributed by atoms with Crippen LogP contribution < -0.4 is 4.72 Å². The normalized spacial score (nSPS) is 12.9. The van der Waals surface area contributed by atoms with Crippen LogP contribution in [0.25, 0.3) is 11.1 Å². The molecule has 0 spiro atoms. The van der Waals surface area contributed by atoms with Crippen LogP contribution in [0.1, 0.15) is 12.8 Å². The highest BCUT2D eigenvalue weighted by atomic mass is 35.5. The third-order valence-corrected chi connectivity index (χ3v) is 5.84. The molecule has 10 heteroatoms. The number of nitrogens with one attached hydrogen (secondary N) is 1. The van der Waals surface area contributed by atoms with Crippen LogP contribution in [0.4, 0.5) is 0 Å². The minimum atomic E-state index is -3.98. The molecule has 0 saturated heterocycles. The second-order valence-corrected chi connectivity index (χ2v) is 8.13. The maximum atomic E-state index is 12.4. The van der Waals surface area contributed by atoms with Gasteiger partial charge >= 0.3 is 5.97 Å². The van der Waals surface area contributed by atoms with E-state index in [-0.39, 0.29) is 27.4 Å². The zero-order valence-corrected chi connectivity index (χ0v) is 16.3. The van der Waals surface area contributed by atoms with Crippen molar-refractivity contribution < 1.29 is 22.4 Å². The van der Waals surface area contributed by atoms with E-state index in [4.69, 9.17) is 32.4 Å². The highest BCUT2D eigenvalue weighted by molar-refractivity contribution is 7.89. The van der Waals surface area contributed by atoms with E-state index in [2.05, 4.69) is 9.71 Å². The number of carbonyl (C=O) groups is 1. The first kappa shape index (κ1) is 19.6. The Hall–Kier alpha value is -2.13. The van der Waals surface area contributed by atoms with Gasteiger partial charge in [-0.15, -0.1) is 0 Å². The van der Waals surface area contributed by atoms with Crippen molar-refractivity contribution in [3.63, 3.8) is 0 Å².